The number of nitrogens with zero attached hydrogens (tertiary/aromatic N) is 1. The minimum atomic E-state index is -4.79. The Balaban J connectivity index is 1.99. The summed E-state index contributed by atoms with van der Waals surface area (Å²) in [5, 5.41) is 2.19. The molecule has 3 rings (SSSR count). The van der Waals surface area contributed by atoms with Crippen LogP contribution in [0.25, 0.3) is 0 Å². The number of amides is 1. The molecule has 2 atom stereocenters. The fourth-order valence-electron chi connectivity index (χ4n) is 3.42. The molecule has 0 bridgehead atoms. The van der Waals surface area contributed by atoms with Gasteiger partial charge in [0, 0.05) is 5.69 Å². The summed E-state index contributed by atoms with van der Waals surface area (Å²) in [5.41, 5.74) is -2.68. The Kier molecular flexibility index (Phi) is 6.75. The molecule has 0 radical (unpaired) electrons. The number of ether oxygens (including phenoxy) is 2. The largest absolute Gasteiger partial charge is 0.486 e. The summed E-state index contributed by atoms with van der Waals surface area (Å²) in [6.07, 6.45) is -6.18. The zero-order chi connectivity index (χ0) is 25.5. The number of anilines is 2. The van der Waals surface area contributed by atoms with Gasteiger partial charge in [-0.15, -0.1) is 0 Å². The quantitative estimate of drug-likeness (QED) is 0.546. The van der Waals surface area contributed by atoms with Crippen LogP contribution < -0.4 is 14.4 Å². The van der Waals surface area contributed by atoms with Crippen LogP contribution in [-0.4, -0.2) is 38.4 Å². The van der Waals surface area contributed by atoms with Crippen molar-refractivity contribution in [3.63, 3.8) is 0 Å². The van der Waals surface area contributed by atoms with Gasteiger partial charge in [0.15, 0.2) is 0 Å². The van der Waals surface area contributed by atoms with E-state index in [1.165, 1.54) is 18.2 Å². The molecule has 0 saturated carbocycles. The highest BCUT2D eigenvalue weighted by atomic mass is 32.2. The van der Waals surface area contributed by atoms with E-state index in [4.69, 9.17) is 4.74 Å². The van der Waals surface area contributed by atoms with Crippen LogP contribution in [0.15, 0.2) is 47.4 Å². The highest BCUT2D eigenvalue weighted by Crippen LogP contribution is 2.42. The monoisotopic (exact) mass is 504 g/mol. The maximum Gasteiger partial charge on any atom is 0.427 e. The smallest absolute Gasteiger partial charge is 0.427 e. The fraction of sp³-hybridized carbons (Fsp3) is 0.409. The molecule has 0 fully saturated rings. The van der Waals surface area contributed by atoms with Gasteiger partial charge in [-0.2, -0.15) is 13.2 Å². The Labute approximate surface area is 194 Å². The molecule has 0 spiro atoms. The number of nitrogens with one attached hydrogen (secondary N) is 1. The molecule has 1 N–H and O–H groups in total. The first-order chi connectivity index (χ1) is 15.7. The maximum atomic E-state index is 13.5. The van der Waals surface area contributed by atoms with Crippen LogP contribution in [0.1, 0.15) is 34.1 Å². The number of halogens is 4. The van der Waals surface area contributed by atoms with E-state index in [-0.39, 0.29) is 22.0 Å². The van der Waals surface area contributed by atoms with Crippen molar-refractivity contribution < 1.29 is 40.2 Å². The van der Waals surface area contributed by atoms with Gasteiger partial charge in [-0.1, -0.05) is 6.92 Å². The summed E-state index contributed by atoms with van der Waals surface area (Å²) in [6, 6.07) is 7.64. The maximum absolute atomic E-state index is 13.5. The van der Waals surface area contributed by atoms with Gasteiger partial charge < -0.3 is 9.47 Å². The average molecular weight is 505 g/mol. The normalized spacial score (nSPS) is 18.6. The van der Waals surface area contributed by atoms with Crippen LogP contribution >= 0.6 is 0 Å². The third-order valence-electron chi connectivity index (χ3n) is 5.43. The molecule has 1 amide bonds. The Hall–Kier alpha value is -3.02. The molecule has 12 heteroatoms. The molecule has 34 heavy (non-hydrogen) atoms. The van der Waals surface area contributed by atoms with Gasteiger partial charge in [0.25, 0.3) is 10.0 Å². The predicted octanol–water partition coefficient (Wildman–Crippen LogP) is 5.47. The first kappa shape index (κ1) is 25.6. The number of carbonyl (C=O) groups is 1. The average Bonchev–Trinajstić information content (AvgIpc) is 2.72. The van der Waals surface area contributed by atoms with Gasteiger partial charge in [0.1, 0.15) is 17.7 Å². The van der Waals surface area contributed by atoms with Crippen molar-refractivity contribution in [3.8, 4) is 5.75 Å². The lowest BCUT2D eigenvalue weighted by Crippen LogP contribution is -2.50. The summed E-state index contributed by atoms with van der Waals surface area (Å²) < 4.78 is 90.9. The van der Waals surface area contributed by atoms with Gasteiger partial charge in [-0.25, -0.2) is 17.6 Å². The third-order valence-corrected chi connectivity index (χ3v) is 7.35. The SMILES string of the molecule is CC[C@H]1Oc2ccc(NC(=O)OC(C)(C)C(F)(F)F)cc2N(S(=O)(=O)c2ccc(F)cc2)[C@H]1C. The molecule has 2 aromatic carbocycles. The Morgan fingerprint density at radius 3 is 2.32 bits per heavy atom. The van der Waals surface area contributed by atoms with Crippen molar-refractivity contribution in [2.45, 2.75) is 62.9 Å². The number of carbonyl (C=O) groups excluding carboxylic acids is 1. The molecule has 0 saturated heterocycles. The van der Waals surface area contributed by atoms with Gasteiger partial charge in [0.05, 0.1) is 16.6 Å². The molecule has 0 aliphatic carbocycles. The van der Waals surface area contributed by atoms with Crippen molar-refractivity contribution in [2.24, 2.45) is 0 Å². The van der Waals surface area contributed by atoms with Crippen LogP contribution in [0.5, 0.6) is 5.75 Å². The van der Waals surface area contributed by atoms with Crippen molar-refractivity contribution >= 4 is 27.5 Å². The zero-order valence-electron chi connectivity index (χ0n) is 18.8. The van der Waals surface area contributed by atoms with E-state index in [2.05, 4.69) is 10.1 Å². The summed E-state index contributed by atoms with van der Waals surface area (Å²) >= 11 is 0. The van der Waals surface area contributed by atoms with E-state index in [9.17, 15) is 30.8 Å². The third kappa shape index (κ3) is 4.91. The second-order valence-electron chi connectivity index (χ2n) is 8.27. The molecule has 1 aliphatic heterocycles. The topological polar surface area (TPSA) is 84.9 Å². The number of rotatable bonds is 5. The van der Waals surface area contributed by atoms with E-state index in [1.807, 2.05) is 6.92 Å². The lowest BCUT2D eigenvalue weighted by molar-refractivity contribution is -0.242. The molecule has 2 aromatic rings. The minimum Gasteiger partial charge on any atom is -0.486 e. The highest BCUT2D eigenvalue weighted by molar-refractivity contribution is 7.92. The summed E-state index contributed by atoms with van der Waals surface area (Å²) in [7, 11) is -4.18. The molecule has 1 aliphatic rings. The number of alkyl halides is 3. The van der Waals surface area contributed by atoms with Crippen molar-refractivity contribution in [2.75, 3.05) is 9.62 Å². The first-order valence-electron chi connectivity index (χ1n) is 10.3. The molecule has 186 valence electrons. The zero-order valence-corrected chi connectivity index (χ0v) is 19.6. The molecular weight excluding hydrogens is 480 g/mol. The van der Waals surface area contributed by atoms with Crippen molar-refractivity contribution in [3.05, 3.63) is 48.3 Å². The number of sulfonamides is 1. The van der Waals surface area contributed by atoms with Crippen LogP contribution in [0.3, 0.4) is 0 Å². The van der Waals surface area contributed by atoms with Gasteiger partial charge in [-0.05, 0) is 69.7 Å². The van der Waals surface area contributed by atoms with Crippen LogP contribution in [0.2, 0.25) is 0 Å². The van der Waals surface area contributed by atoms with Gasteiger partial charge >= 0.3 is 12.3 Å². The second-order valence-corrected chi connectivity index (χ2v) is 10.1. The van der Waals surface area contributed by atoms with Crippen LogP contribution in [0, 0.1) is 5.82 Å². The Bertz CT molecular complexity index is 1170. The van der Waals surface area contributed by atoms with E-state index in [0.717, 1.165) is 28.6 Å². The minimum absolute atomic E-state index is 0.00761. The molecular formula is C22H24F4N2O5S. The lowest BCUT2D eigenvalue weighted by atomic mass is 10.1. The number of hydrogen-bond acceptors (Lipinski definition) is 5. The summed E-state index contributed by atoms with van der Waals surface area (Å²) in [5.74, 6) is -0.405. The summed E-state index contributed by atoms with van der Waals surface area (Å²) in [6.45, 7) is 4.87. The molecule has 0 aromatic heterocycles. The van der Waals surface area contributed by atoms with E-state index in [1.54, 1.807) is 6.92 Å². The van der Waals surface area contributed by atoms with Crippen molar-refractivity contribution in [1.82, 2.24) is 0 Å². The van der Waals surface area contributed by atoms with E-state index < -0.39 is 45.9 Å². The number of benzene rings is 2. The van der Waals surface area contributed by atoms with Crippen LogP contribution in [0.4, 0.5) is 33.7 Å². The van der Waals surface area contributed by atoms with Gasteiger partial charge in [-0.3, -0.25) is 9.62 Å². The van der Waals surface area contributed by atoms with Gasteiger partial charge in [0.2, 0.25) is 5.60 Å². The van der Waals surface area contributed by atoms with Crippen LogP contribution in [-0.2, 0) is 14.8 Å². The molecule has 7 nitrogen and oxygen atoms in total. The van der Waals surface area contributed by atoms with Crippen molar-refractivity contribution in [1.29, 1.82) is 0 Å². The first-order valence-corrected chi connectivity index (χ1v) is 11.8. The summed E-state index contributed by atoms with van der Waals surface area (Å²) in [4.78, 5) is 11.9. The standard InChI is InChI=1S/C22H24F4N2O5S/c1-5-18-13(2)28(34(30,31)16-9-6-14(23)7-10-16)17-12-15(8-11-19(17)32-18)27-20(29)33-21(3,4)22(24,25)26/h6-13,18H,5H2,1-4H3,(H,27,29)/t13-,18+/m0/s1. The number of hydrogen-bond donors (Lipinski definition) is 1. The Morgan fingerprint density at radius 2 is 1.76 bits per heavy atom. The lowest BCUT2D eigenvalue weighted by Gasteiger charge is -2.40. The highest BCUT2D eigenvalue weighted by Gasteiger charge is 2.51. The van der Waals surface area contributed by atoms with E-state index in [0.29, 0.717) is 20.3 Å². The fourth-order valence-corrected chi connectivity index (χ4v) is 5.11. The molecule has 0 unspecified atom stereocenters. The predicted molar refractivity (Wildman–Crippen MR) is 117 cm³/mol. The molecule has 1 heterocycles. The Morgan fingerprint density at radius 1 is 1.15 bits per heavy atom. The number of fused-ring (bicyclic) bond motifs is 1. The van der Waals surface area contributed by atoms with E-state index >= 15 is 0 Å². The second kappa shape index (κ2) is 8.97.